The number of benzene rings is 2. The van der Waals surface area contributed by atoms with Gasteiger partial charge in [-0.2, -0.15) is 0 Å². The molecular weight excluding hydrogens is 438 g/mol. The molecule has 3 aromatic rings. The van der Waals surface area contributed by atoms with Crippen LogP contribution in [-0.4, -0.2) is 18.2 Å². The number of ketones is 1. The van der Waals surface area contributed by atoms with Crippen molar-refractivity contribution in [3.8, 4) is 0 Å². The maximum Gasteiger partial charge on any atom is 0.243 e. The largest absolute Gasteiger partial charge is 0.467 e. The number of para-hydroxylation sites is 2. The Hall–Kier alpha value is -3.80. The quantitative estimate of drug-likeness (QED) is 0.479. The van der Waals surface area contributed by atoms with E-state index >= 15 is 0 Å². The van der Waals surface area contributed by atoms with E-state index in [-0.39, 0.29) is 23.7 Å². The SMILES string of the molecule is Cc1cccc(NC(=O)CN2c3ccccc3NC3=C(C(=O)CC(C)(C)C3)C2c2ccco2)c1C. The molecule has 35 heavy (non-hydrogen) atoms. The molecular formula is C29H31N3O3. The van der Waals surface area contributed by atoms with Crippen LogP contribution in [0.15, 0.2) is 76.5 Å². The van der Waals surface area contributed by atoms with Crippen LogP contribution in [0.1, 0.15) is 49.6 Å². The number of carbonyl (C=O) groups excluding carboxylic acids is 2. The number of Topliss-reactive ketones (excluding diaryl/α,β-unsaturated/α-hetero) is 1. The average Bonchev–Trinajstić information content (AvgIpc) is 3.28. The van der Waals surface area contributed by atoms with Crippen molar-refractivity contribution < 1.29 is 14.0 Å². The third kappa shape index (κ3) is 4.36. The smallest absolute Gasteiger partial charge is 0.243 e. The number of carbonyl (C=O) groups is 2. The second kappa shape index (κ2) is 8.77. The number of furan rings is 1. The highest BCUT2D eigenvalue weighted by atomic mass is 16.3. The van der Waals surface area contributed by atoms with Crippen LogP contribution in [0, 0.1) is 19.3 Å². The number of anilines is 3. The van der Waals surface area contributed by atoms with E-state index in [0.29, 0.717) is 17.8 Å². The van der Waals surface area contributed by atoms with Gasteiger partial charge in [-0.3, -0.25) is 9.59 Å². The number of nitrogens with zero attached hydrogens (tertiary/aromatic N) is 1. The van der Waals surface area contributed by atoms with E-state index in [2.05, 4.69) is 24.5 Å². The van der Waals surface area contributed by atoms with Crippen molar-refractivity contribution in [1.29, 1.82) is 0 Å². The van der Waals surface area contributed by atoms with E-state index in [4.69, 9.17) is 4.42 Å². The zero-order chi connectivity index (χ0) is 24.7. The molecule has 2 N–H and O–H groups in total. The molecule has 1 aromatic heterocycles. The van der Waals surface area contributed by atoms with E-state index in [1.54, 1.807) is 6.26 Å². The molecule has 2 aliphatic rings. The first-order chi connectivity index (χ1) is 16.7. The van der Waals surface area contributed by atoms with Crippen LogP contribution in [0.4, 0.5) is 17.1 Å². The fraction of sp³-hybridized carbons (Fsp3) is 0.310. The van der Waals surface area contributed by atoms with Crippen LogP contribution in [0.5, 0.6) is 0 Å². The molecule has 0 saturated carbocycles. The summed E-state index contributed by atoms with van der Waals surface area (Å²) in [6.45, 7) is 8.32. The van der Waals surface area contributed by atoms with Crippen molar-refractivity contribution in [3.63, 3.8) is 0 Å². The topological polar surface area (TPSA) is 74.6 Å². The van der Waals surface area contributed by atoms with Gasteiger partial charge >= 0.3 is 0 Å². The molecule has 0 bridgehead atoms. The van der Waals surface area contributed by atoms with E-state index in [0.717, 1.165) is 40.3 Å². The van der Waals surface area contributed by atoms with E-state index in [1.807, 2.05) is 73.3 Å². The number of fused-ring (bicyclic) bond motifs is 1. The zero-order valence-electron chi connectivity index (χ0n) is 20.6. The third-order valence-electron chi connectivity index (χ3n) is 7.01. The van der Waals surface area contributed by atoms with Crippen molar-refractivity contribution >= 4 is 28.8 Å². The molecule has 1 aliphatic heterocycles. The predicted molar refractivity (Wildman–Crippen MR) is 138 cm³/mol. The number of nitrogens with one attached hydrogen (secondary N) is 2. The highest BCUT2D eigenvalue weighted by molar-refractivity contribution is 6.02. The van der Waals surface area contributed by atoms with Crippen molar-refractivity contribution in [2.45, 2.75) is 46.6 Å². The van der Waals surface area contributed by atoms with Gasteiger partial charge in [-0.1, -0.05) is 38.1 Å². The van der Waals surface area contributed by atoms with Gasteiger partial charge in [0.1, 0.15) is 11.8 Å². The molecule has 0 saturated heterocycles. The van der Waals surface area contributed by atoms with Gasteiger partial charge in [-0.25, -0.2) is 0 Å². The van der Waals surface area contributed by atoms with Crippen LogP contribution in [0.3, 0.4) is 0 Å². The summed E-state index contributed by atoms with van der Waals surface area (Å²) in [5.41, 5.74) is 6.10. The molecule has 6 heteroatoms. The average molecular weight is 470 g/mol. The van der Waals surface area contributed by atoms with Gasteiger partial charge in [0.2, 0.25) is 5.91 Å². The maximum absolute atomic E-state index is 13.6. The zero-order valence-corrected chi connectivity index (χ0v) is 20.6. The number of hydrogen-bond donors (Lipinski definition) is 2. The Bertz CT molecular complexity index is 1320. The second-order valence-corrected chi connectivity index (χ2v) is 10.3. The highest BCUT2D eigenvalue weighted by Gasteiger charge is 2.42. The monoisotopic (exact) mass is 469 g/mol. The summed E-state index contributed by atoms with van der Waals surface area (Å²) in [5, 5.41) is 6.63. The molecule has 1 unspecified atom stereocenters. The molecule has 180 valence electrons. The Balaban J connectivity index is 1.60. The Morgan fingerprint density at radius 2 is 1.89 bits per heavy atom. The van der Waals surface area contributed by atoms with Crippen molar-refractivity contribution in [2.75, 3.05) is 22.1 Å². The van der Waals surface area contributed by atoms with Gasteiger partial charge < -0.3 is 20.0 Å². The van der Waals surface area contributed by atoms with Crippen LogP contribution < -0.4 is 15.5 Å². The van der Waals surface area contributed by atoms with E-state index in [1.165, 1.54) is 0 Å². The van der Waals surface area contributed by atoms with Gasteiger partial charge in [0.25, 0.3) is 0 Å². The van der Waals surface area contributed by atoms with E-state index < -0.39 is 6.04 Å². The van der Waals surface area contributed by atoms with Gasteiger partial charge in [0.15, 0.2) is 5.78 Å². The minimum Gasteiger partial charge on any atom is -0.467 e. The molecule has 5 rings (SSSR count). The predicted octanol–water partition coefficient (Wildman–Crippen LogP) is 6.15. The van der Waals surface area contributed by atoms with Crippen LogP contribution in [0.25, 0.3) is 0 Å². The highest BCUT2D eigenvalue weighted by Crippen LogP contribution is 2.48. The summed E-state index contributed by atoms with van der Waals surface area (Å²) in [6, 6.07) is 17.0. The standard InChI is InChI=1S/C29H31N3O3/c1-18-9-7-11-20(19(18)2)31-26(34)17-32-23-12-6-5-10-21(23)30-22-15-29(3,4)16-24(33)27(22)28(32)25-13-8-14-35-25/h5-14,28,30H,15-17H2,1-4H3,(H,31,34). The fourth-order valence-corrected chi connectivity index (χ4v) is 5.20. The minimum atomic E-state index is -0.510. The Labute approximate surface area is 206 Å². The Morgan fingerprint density at radius 3 is 2.66 bits per heavy atom. The van der Waals surface area contributed by atoms with Crippen LogP contribution in [0.2, 0.25) is 0 Å². The Morgan fingerprint density at radius 1 is 1.09 bits per heavy atom. The summed E-state index contributed by atoms with van der Waals surface area (Å²) >= 11 is 0. The fourth-order valence-electron chi connectivity index (χ4n) is 5.20. The summed E-state index contributed by atoms with van der Waals surface area (Å²) in [5.74, 6) is 0.569. The summed E-state index contributed by atoms with van der Waals surface area (Å²) in [4.78, 5) is 29.0. The van der Waals surface area contributed by atoms with Crippen LogP contribution >= 0.6 is 0 Å². The van der Waals surface area contributed by atoms with Gasteiger partial charge in [-0.05, 0) is 67.1 Å². The molecule has 1 amide bonds. The van der Waals surface area contributed by atoms with Crippen molar-refractivity contribution in [2.24, 2.45) is 5.41 Å². The van der Waals surface area contributed by atoms with E-state index in [9.17, 15) is 9.59 Å². The third-order valence-corrected chi connectivity index (χ3v) is 7.01. The minimum absolute atomic E-state index is 0.0604. The van der Waals surface area contributed by atoms with Crippen LogP contribution in [-0.2, 0) is 9.59 Å². The van der Waals surface area contributed by atoms with Crippen molar-refractivity contribution in [1.82, 2.24) is 0 Å². The first kappa shape index (κ1) is 23.0. The number of rotatable bonds is 4. The number of hydrogen-bond acceptors (Lipinski definition) is 5. The number of aryl methyl sites for hydroxylation is 1. The number of amides is 1. The first-order valence-corrected chi connectivity index (χ1v) is 12.0. The Kier molecular flexibility index (Phi) is 5.75. The molecule has 0 spiro atoms. The maximum atomic E-state index is 13.6. The molecule has 2 aromatic carbocycles. The first-order valence-electron chi connectivity index (χ1n) is 12.0. The van der Waals surface area contributed by atoms with Gasteiger partial charge in [-0.15, -0.1) is 0 Å². The number of allylic oxidation sites excluding steroid dienone is 1. The molecule has 1 atom stereocenters. The lowest BCUT2D eigenvalue weighted by molar-refractivity contribution is -0.119. The lowest BCUT2D eigenvalue weighted by Gasteiger charge is -2.36. The summed E-state index contributed by atoms with van der Waals surface area (Å²) in [7, 11) is 0. The summed E-state index contributed by atoms with van der Waals surface area (Å²) in [6.07, 6.45) is 2.80. The lowest BCUT2D eigenvalue weighted by Crippen LogP contribution is -2.40. The molecule has 6 nitrogen and oxygen atoms in total. The molecule has 0 radical (unpaired) electrons. The normalized spacial score (nSPS) is 18.9. The van der Waals surface area contributed by atoms with Gasteiger partial charge in [0, 0.05) is 23.4 Å². The molecule has 1 aliphatic carbocycles. The molecule has 0 fully saturated rings. The molecule has 2 heterocycles. The van der Waals surface area contributed by atoms with Crippen molar-refractivity contribution in [3.05, 3.63) is 89.0 Å². The summed E-state index contributed by atoms with van der Waals surface area (Å²) < 4.78 is 5.87. The lowest BCUT2D eigenvalue weighted by atomic mass is 9.74. The second-order valence-electron chi connectivity index (χ2n) is 10.3. The van der Waals surface area contributed by atoms with Gasteiger partial charge in [0.05, 0.1) is 24.2 Å².